The average Bonchev–Trinajstić information content (AvgIpc) is 2.49. The normalized spacial score (nSPS) is 16.3. The summed E-state index contributed by atoms with van der Waals surface area (Å²) in [7, 11) is 0. The van der Waals surface area contributed by atoms with Crippen molar-refractivity contribution in [2.75, 3.05) is 13.1 Å². The fraction of sp³-hybridized carbons (Fsp3) is 0.278. The first-order valence-corrected chi connectivity index (χ1v) is 7.40. The van der Waals surface area contributed by atoms with Crippen molar-refractivity contribution in [1.82, 2.24) is 4.90 Å². The van der Waals surface area contributed by atoms with Gasteiger partial charge in [-0.2, -0.15) is 0 Å². The lowest BCUT2D eigenvalue weighted by molar-refractivity contribution is -0.144. The van der Waals surface area contributed by atoms with E-state index in [9.17, 15) is 4.79 Å². The Kier molecular flexibility index (Phi) is 3.76. The van der Waals surface area contributed by atoms with Crippen LogP contribution in [0.5, 0.6) is 0 Å². The summed E-state index contributed by atoms with van der Waals surface area (Å²) < 4.78 is 0. The van der Waals surface area contributed by atoms with Crippen LogP contribution in [0, 0.1) is 0 Å². The third-order valence-electron chi connectivity index (χ3n) is 4.32. The van der Waals surface area contributed by atoms with Gasteiger partial charge in [0.1, 0.15) is 0 Å². The summed E-state index contributed by atoms with van der Waals surface area (Å²) in [5.74, 6) is 0.136. The van der Waals surface area contributed by atoms with Crippen molar-refractivity contribution in [3.8, 4) is 0 Å². The van der Waals surface area contributed by atoms with Crippen LogP contribution in [0.4, 0.5) is 0 Å². The van der Waals surface area contributed by atoms with E-state index in [0.717, 1.165) is 13.0 Å². The van der Waals surface area contributed by atoms with Gasteiger partial charge in [-0.15, -0.1) is 0 Å². The highest BCUT2D eigenvalue weighted by atomic mass is 16.2. The fourth-order valence-corrected chi connectivity index (χ4v) is 3.24. The molecule has 1 aliphatic heterocycles. The molecule has 0 atom stereocenters. The maximum absolute atomic E-state index is 12.4. The van der Waals surface area contributed by atoms with Crippen molar-refractivity contribution in [3.63, 3.8) is 0 Å². The summed E-state index contributed by atoms with van der Waals surface area (Å²) in [6.45, 7) is 1.19. The van der Waals surface area contributed by atoms with Gasteiger partial charge in [0.25, 0.3) is 0 Å². The van der Waals surface area contributed by atoms with Gasteiger partial charge >= 0.3 is 0 Å². The number of carbonyl (C=O) groups is 1. The predicted octanol–water partition coefficient (Wildman–Crippen LogP) is 2.51. The minimum absolute atomic E-state index is 0.136. The molecule has 3 rings (SSSR count). The van der Waals surface area contributed by atoms with Crippen molar-refractivity contribution in [3.05, 3.63) is 71.8 Å². The van der Waals surface area contributed by atoms with E-state index in [1.807, 2.05) is 41.3 Å². The third-order valence-corrected chi connectivity index (χ3v) is 4.32. The van der Waals surface area contributed by atoms with Crippen molar-refractivity contribution in [1.29, 1.82) is 0 Å². The van der Waals surface area contributed by atoms with E-state index in [1.54, 1.807) is 0 Å². The van der Waals surface area contributed by atoms with Gasteiger partial charge in [0.2, 0.25) is 5.91 Å². The lowest BCUT2D eigenvalue weighted by Gasteiger charge is -2.53. The molecule has 1 saturated heterocycles. The number of likely N-dealkylation sites (tertiary alicyclic amines) is 1. The summed E-state index contributed by atoms with van der Waals surface area (Å²) in [6, 6.07) is 20.6. The monoisotopic (exact) mass is 280 g/mol. The first-order valence-electron chi connectivity index (χ1n) is 7.40. The van der Waals surface area contributed by atoms with Gasteiger partial charge in [-0.1, -0.05) is 60.7 Å². The van der Waals surface area contributed by atoms with Gasteiger partial charge in [-0.25, -0.2) is 0 Å². The Morgan fingerprint density at radius 3 is 1.90 bits per heavy atom. The minimum Gasteiger partial charge on any atom is -0.330 e. The number of nitrogens with zero attached hydrogens (tertiary/aromatic N) is 1. The lowest BCUT2D eigenvalue weighted by Crippen LogP contribution is -2.60. The number of amides is 1. The molecule has 0 aliphatic carbocycles. The molecule has 2 aromatic rings. The Balaban J connectivity index is 2.07. The molecule has 3 nitrogen and oxygen atoms in total. The molecule has 0 unspecified atom stereocenters. The van der Waals surface area contributed by atoms with Crippen LogP contribution in [0.3, 0.4) is 0 Å². The van der Waals surface area contributed by atoms with Gasteiger partial charge in [0.05, 0.1) is 5.54 Å². The second-order valence-corrected chi connectivity index (χ2v) is 5.43. The number of hydrogen-bond acceptors (Lipinski definition) is 2. The van der Waals surface area contributed by atoms with Crippen LogP contribution in [-0.2, 0) is 10.3 Å². The summed E-state index contributed by atoms with van der Waals surface area (Å²) in [4.78, 5) is 14.4. The fourth-order valence-electron chi connectivity index (χ4n) is 3.24. The standard InChI is InChI=1S/C18H20N2O/c19-13-11-17(21)20-14-12-18(20,15-7-3-1-4-8-15)16-9-5-2-6-10-16/h1-10H,11-14,19H2. The van der Waals surface area contributed by atoms with Crippen LogP contribution >= 0.6 is 0 Å². The number of hydrogen-bond donors (Lipinski definition) is 1. The molecule has 0 aromatic heterocycles. The lowest BCUT2D eigenvalue weighted by atomic mass is 9.72. The molecule has 1 amide bonds. The summed E-state index contributed by atoms with van der Waals surface area (Å²) in [5, 5.41) is 0. The van der Waals surface area contributed by atoms with E-state index in [4.69, 9.17) is 5.73 Å². The smallest absolute Gasteiger partial charge is 0.224 e. The molecule has 2 aromatic carbocycles. The SMILES string of the molecule is NCCC(=O)N1CCC1(c1ccccc1)c1ccccc1. The van der Waals surface area contributed by atoms with Crippen LogP contribution in [0.1, 0.15) is 24.0 Å². The van der Waals surface area contributed by atoms with Gasteiger partial charge in [0, 0.05) is 19.5 Å². The molecule has 0 saturated carbocycles. The summed E-state index contributed by atoms with van der Waals surface area (Å²) in [5.41, 5.74) is 7.59. The largest absolute Gasteiger partial charge is 0.330 e. The zero-order valence-corrected chi connectivity index (χ0v) is 12.0. The third kappa shape index (κ3) is 2.24. The van der Waals surface area contributed by atoms with Crippen LogP contribution in [0.25, 0.3) is 0 Å². The molecular weight excluding hydrogens is 260 g/mol. The molecule has 108 valence electrons. The van der Waals surface area contributed by atoms with E-state index in [1.165, 1.54) is 11.1 Å². The summed E-state index contributed by atoms with van der Waals surface area (Å²) >= 11 is 0. The maximum atomic E-state index is 12.4. The predicted molar refractivity (Wildman–Crippen MR) is 83.7 cm³/mol. The minimum atomic E-state index is -0.325. The molecule has 2 N–H and O–H groups in total. The quantitative estimate of drug-likeness (QED) is 0.935. The number of rotatable bonds is 4. The molecule has 0 radical (unpaired) electrons. The van der Waals surface area contributed by atoms with Crippen molar-refractivity contribution >= 4 is 5.91 Å². The molecule has 0 bridgehead atoms. The Morgan fingerprint density at radius 2 is 1.52 bits per heavy atom. The van der Waals surface area contributed by atoms with E-state index in [-0.39, 0.29) is 11.4 Å². The van der Waals surface area contributed by atoms with E-state index >= 15 is 0 Å². The summed E-state index contributed by atoms with van der Waals surface area (Å²) in [6.07, 6.45) is 1.36. The molecule has 1 heterocycles. The Morgan fingerprint density at radius 1 is 1.00 bits per heavy atom. The topological polar surface area (TPSA) is 46.3 Å². The van der Waals surface area contributed by atoms with Crippen LogP contribution < -0.4 is 5.73 Å². The molecular formula is C18H20N2O. The molecule has 1 aliphatic rings. The zero-order valence-electron chi connectivity index (χ0n) is 12.0. The first-order chi connectivity index (χ1) is 10.3. The first kappa shape index (κ1) is 13.8. The Bertz CT molecular complexity index is 570. The highest BCUT2D eigenvalue weighted by Gasteiger charge is 2.49. The zero-order chi connectivity index (χ0) is 14.7. The second-order valence-electron chi connectivity index (χ2n) is 5.43. The van der Waals surface area contributed by atoms with Gasteiger partial charge in [0.15, 0.2) is 0 Å². The average molecular weight is 280 g/mol. The van der Waals surface area contributed by atoms with Crippen LogP contribution in [0.15, 0.2) is 60.7 Å². The van der Waals surface area contributed by atoms with E-state index in [0.29, 0.717) is 13.0 Å². The number of benzene rings is 2. The molecule has 3 heteroatoms. The highest BCUT2D eigenvalue weighted by Crippen LogP contribution is 2.46. The molecule has 21 heavy (non-hydrogen) atoms. The highest BCUT2D eigenvalue weighted by molar-refractivity contribution is 5.79. The van der Waals surface area contributed by atoms with Gasteiger partial charge in [-0.05, 0) is 17.5 Å². The second kappa shape index (κ2) is 5.70. The molecule has 1 fully saturated rings. The van der Waals surface area contributed by atoms with E-state index < -0.39 is 0 Å². The van der Waals surface area contributed by atoms with Crippen molar-refractivity contribution in [2.24, 2.45) is 5.73 Å². The molecule has 0 spiro atoms. The van der Waals surface area contributed by atoms with Crippen LogP contribution in [0.2, 0.25) is 0 Å². The Hall–Kier alpha value is -2.13. The van der Waals surface area contributed by atoms with Crippen molar-refractivity contribution in [2.45, 2.75) is 18.4 Å². The van der Waals surface area contributed by atoms with E-state index in [2.05, 4.69) is 24.3 Å². The van der Waals surface area contributed by atoms with Gasteiger partial charge in [-0.3, -0.25) is 4.79 Å². The van der Waals surface area contributed by atoms with Gasteiger partial charge < -0.3 is 10.6 Å². The van der Waals surface area contributed by atoms with Crippen LogP contribution in [-0.4, -0.2) is 23.9 Å². The number of nitrogens with two attached hydrogens (primary N) is 1. The number of carbonyl (C=O) groups excluding carboxylic acids is 1. The Labute approximate surface area is 125 Å². The maximum Gasteiger partial charge on any atom is 0.224 e. The van der Waals surface area contributed by atoms with Crippen molar-refractivity contribution < 1.29 is 4.79 Å².